The molecule has 0 saturated heterocycles. The smallest absolute Gasteiger partial charge is 0.261 e. The minimum Gasteiger partial charge on any atom is -0.493 e. The molecule has 2 aromatic carbocycles. The highest BCUT2D eigenvalue weighted by molar-refractivity contribution is 7.92. The summed E-state index contributed by atoms with van der Waals surface area (Å²) in [6.07, 6.45) is 0.736. The maximum absolute atomic E-state index is 12.4. The summed E-state index contributed by atoms with van der Waals surface area (Å²) in [5.41, 5.74) is 8.62. The lowest BCUT2D eigenvalue weighted by molar-refractivity contribution is 0.356. The zero-order valence-electron chi connectivity index (χ0n) is 11.6. The van der Waals surface area contributed by atoms with Gasteiger partial charge in [-0.05, 0) is 54.4 Å². The first-order chi connectivity index (χ1) is 9.95. The molecule has 3 rings (SSSR count). The summed E-state index contributed by atoms with van der Waals surface area (Å²) in [6, 6.07) is 9.96. The Labute approximate surface area is 123 Å². The van der Waals surface area contributed by atoms with Crippen molar-refractivity contribution in [2.24, 2.45) is 0 Å². The zero-order chi connectivity index (χ0) is 15.0. The van der Waals surface area contributed by atoms with Gasteiger partial charge in [0.05, 0.1) is 11.5 Å². The van der Waals surface area contributed by atoms with Gasteiger partial charge in [-0.25, -0.2) is 8.42 Å². The van der Waals surface area contributed by atoms with Gasteiger partial charge in [0.15, 0.2) is 0 Å². The lowest BCUT2D eigenvalue weighted by Crippen LogP contribution is -2.13. The molecule has 0 aromatic heterocycles. The van der Waals surface area contributed by atoms with Crippen LogP contribution in [0.2, 0.25) is 0 Å². The predicted octanol–water partition coefficient (Wildman–Crippen LogP) is 2.31. The summed E-state index contributed by atoms with van der Waals surface area (Å²) in [5, 5.41) is 0. The first-order valence-electron chi connectivity index (χ1n) is 6.60. The van der Waals surface area contributed by atoms with E-state index in [1.165, 1.54) is 0 Å². The summed E-state index contributed by atoms with van der Waals surface area (Å²) < 4.78 is 32.8. The first kappa shape index (κ1) is 13.8. The maximum atomic E-state index is 12.4. The topological polar surface area (TPSA) is 81.4 Å². The van der Waals surface area contributed by atoms with E-state index in [9.17, 15) is 8.42 Å². The minimum absolute atomic E-state index is 0.237. The van der Waals surface area contributed by atoms with E-state index in [-0.39, 0.29) is 4.90 Å². The molecular formula is C15H16N2O3S. The van der Waals surface area contributed by atoms with Crippen molar-refractivity contribution >= 4 is 21.4 Å². The van der Waals surface area contributed by atoms with Gasteiger partial charge in [-0.2, -0.15) is 0 Å². The number of ether oxygens (including phenoxy) is 1. The van der Waals surface area contributed by atoms with Crippen molar-refractivity contribution in [3.05, 3.63) is 47.5 Å². The number of rotatable bonds is 3. The van der Waals surface area contributed by atoms with Gasteiger partial charge in [0.1, 0.15) is 5.75 Å². The van der Waals surface area contributed by atoms with Crippen LogP contribution in [-0.2, 0) is 16.4 Å². The Morgan fingerprint density at radius 3 is 2.76 bits per heavy atom. The van der Waals surface area contributed by atoms with Gasteiger partial charge in [0.2, 0.25) is 0 Å². The third-order valence-electron chi connectivity index (χ3n) is 3.49. The van der Waals surface area contributed by atoms with Crippen LogP contribution in [0, 0.1) is 6.92 Å². The number of nitrogens with two attached hydrogens (primary N) is 1. The fourth-order valence-electron chi connectivity index (χ4n) is 2.28. The normalized spacial score (nSPS) is 13.6. The highest BCUT2D eigenvalue weighted by Crippen LogP contribution is 2.28. The number of aryl methyl sites for hydroxylation is 1. The Kier molecular flexibility index (Phi) is 3.25. The van der Waals surface area contributed by atoms with Gasteiger partial charge >= 0.3 is 0 Å². The highest BCUT2D eigenvalue weighted by atomic mass is 32.2. The maximum Gasteiger partial charge on any atom is 0.261 e. The fourth-order valence-corrected chi connectivity index (χ4v) is 3.38. The van der Waals surface area contributed by atoms with Crippen LogP contribution >= 0.6 is 0 Å². The third kappa shape index (κ3) is 2.67. The van der Waals surface area contributed by atoms with Crippen LogP contribution in [-0.4, -0.2) is 15.0 Å². The molecule has 1 aliphatic heterocycles. The van der Waals surface area contributed by atoms with E-state index in [2.05, 4.69) is 4.72 Å². The first-order valence-corrected chi connectivity index (χ1v) is 8.09. The van der Waals surface area contributed by atoms with Crippen molar-refractivity contribution in [1.29, 1.82) is 0 Å². The van der Waals surface area contributed by atoms with Crippen LogP contribution in [0.25, 0.3) is 0 Å². The minimum atomic E-state index is -3.61. The average Bonchev–Trinajstić information content (AvgIpc) is 2.90. The highest BCUT2D eigenvalue weighted by Gasteiger charge is 2.19. The van der Waals surface area contributed by atoms with Gasteiger partial charge in [0, 0.05) is 17.8 Å². The van der Waals surface area contributed by atoms with Gasteiger partial charge in [0.25, 0.3) is 10.0 Å². The Balaban J connectivity index is 1.91. The molecular weight excluding hydrogens is 288 g/mol. The number of hydrogen-bond donors (Lipinski definition) is 2. The second-order valence-corrected chi connectivity index (χ2v) is 6.73. The van der Waals surface area contributed by atoms with Crippen molar-refractivity contribution in [2.75, 3.05) is 17.1 Å². The molecule has 110 valence electrons. The van der Waals surface area contributed by atoms with Crippen molar-refractivity contribution in [2.45, 2.75) is 18.2 Å². The van der Waals surface area contributed by atoms with Gasteiger partial charge in [-0.3, -0.25) is 4.72 Å². The molecule has 5 nitrogen and oxygen atoms in total. The molecule has 1 heterocycles. The second-order valence-electron chi connectivity index (χ2n) is 5.04. The third-order valence-corrected chi connectivity index (χ3v) is 4.87. The number of anilines is 2. The van der Waals surface area contributed by atoms with Gasteiger partial charge in [-0.15, -0.1) is 0 Å². The molecule has 0 amide bonds. The van der Waals surface area contributed by atoms with Crippen molar-refractivity contribution in [1.82, 2.24) is 0 Å². The lowest BCUT2D eigenvalue weighted by Gasteiger charge is -2.10. The molecule has 21 heavy (non-hydrogen) atoms. The Hall–Kier alpha value is -2.21. The predicted molar refractivity (Wildman–Crippen MR) is 82.0 cm³/mol. The Bertz CT molecular complexity index is 801. The van der Waals surface area contributed by atoms with E-state index >= 15 is 0 Å². The molecule has 3 N–H and O–H groups in total. The van der Waals surface area contributed by atoms with E-state index < -0.39 is 10.0 Å². The van der Waals surface area contributed by atoms with Crippen LogP contribution in [0.15, 0.2) is 41.3 Å². The number of sulfonamides is 1. The molecule has 0 fully saturated rings. The van der Waals surface area contributed by atoms with Crippen molar-refractivity contribution < 1.29 is 13.2 Å². The van der Waals surface area contributed by atoms with Crippen LogP contribution < -0.4 is 15.2 Å². The van der Waals surface area contributed by atoms with E-state index in [1.807, 2.05) is 6.92 Å². The summed E-state index contributed by atoms with van der Waals surface area (Å²) >= 11 is 0. The molecule has 0 atom stereocenters. The van der Waals surface area contributed by atoms with Crippen molar-refractivity contribution in [3.63, 3.8) is 0 Å². The molecule has 6 heteroatoms. The van der Waals surface area contributed by atoms with Crippen molar-refractivity contribution in [3.8, 4) is 5.75 Å². The lowest BCUT2D eigenvalue weighted by atomic mass is 10.2. The molecule has 0 aliphatic carbocycles. The van der Waals surface area contributed by atoms with Crippen LogP contribution in [0.5, 0.6) is 5.75 Å². The zero-order valence-corrected chi connectivity index (χ0v) is 12.4. The Morgan fingerprint density at radius 1 is 1.19 bits per heavy atom. The number of hydrogen-bond acceptors (Lipinski definition) is 4. The van der Waals surface area contributed by atoms with E-state index in [1.54, 1.807) is 36.4 Å². The van der Waals surface area contributed by atoms with E-state index in [0.717, 1.165) is 23.3 Å². The Morgan fingerprint density at radius 2 is 2.00 bits per heavy atom. The van der Waals surface area contributed by atoms with Crippen LogP contribution in [0.4, 0.5) is 11.4 Å². The van der Waals surface area contributed by atoms with Crippen LogP contribution in [0.3, 0.4) is 0 Å². The standard InChI is InChI=1S/C15H16N2O3S/c1-10-8-12(2-4-14(10)16)17-21(18,19)13-3-5-15-11(9-13)6-7-20-15/h2-5,8-9,17H,6-7,16H2,1H3. The molecule has 0 bridgehead atoms. The largest absolute Gasteiger partial charge is 0.493 e. The summed E-state index contributed by atoms with van der Waals surface area (Å²) in [7, 11) is -3.61. The van der Waals surface area contributed by atoms with Crippen LogP contribution in [0.1, 0.15) is 11.1 Å². The number of nitrogen functional groups attached to an aromatic ring is 1. The number of nitrogens with one attached hydrogen (secondary N) is 1. The monoisotopic (exact) mass is 304 g/mol. The van der Waals surface area contributed by atoms with E-state index in [4.69, 9.17) is 10.5 Å². The molecule has 0 spiro atoms. The summed E-state index contributed by atoms with van der Waals surface area (Å²) in [5.74, 6) is 0.761. The second kappa shape index (κ2) is 4.96. The average molecular weight is 304 g/mol. The van der Waals surface area contributed by atoms with E-state index in [0.29, 0.717) is 18.0 Å². The van der Waals surface area contributed by atoms with Gasteiger partial charge in [-0.1, -0.05) is 0 Å². The molecule has 0 saturated carbocycles. The van der Waals surface area contributed by atoms with Gasteiger partial charge < -0.3 is 10.5 Å². The summed E-state index contributed by atoms with van der Waals surface area (Å²) in [6.45, 7) is 2.43. The number of fused-ring (bicyclic) bond motifs is 1. The SMILES string of the molecule is Cc1cc(NS(=O)(=O)c2ccc3c(c2)CCO3)ccc1N. The molecule has 0 radical (unpaired) electrons. The summed E-state index contributed by atoms with van der Waals surface area (Å²) in [4.78, 5) is 0.237. The quantitative estimate of drug-likeness (QED) is 0.853. The molecule has 2 aromatic rings. The fraction of sp³-hybridized carbons (Fsp3) is 0.200. The number of benzene rings is 2. The molecule has 0 unspecified atom stereocenters. The molecule has 1 aliphatic rings.